The van der Waals surface area contributed by atoms with E-state index in [1.807, 2.05) is 17.0 Å². The van der Waals surface area contributed by atoms with Gasteiger partial charge in [-0.25, -0.2) is 0 Å². The molecule has 2 fully saturated rings. The summed E-state index contributed by atoms with van der Waals surface area (Å²) in [4.78, 5) is 26.7. The number of rotatable bonds is 3. The van der Waals surface area contributed by atoms with Crippen LogP contribution in [0.15, 0.2) is 23.1 Å². The number of ether oxygens (including phenoxy) is 1. The van der Waals surface area contributed by atoms with Crippen LogP contribution in [-0.2, 0) is 10.3 Å². The van der Waals surface area contributed by atoms with Crippen molar-refractivity contribution in [3.8, 4) is 5.75 Å². The first-order valence-corrected chi connectivity index (χ1v) is 9.28. The number of amides is 1. The molecule has 1 spiro atoms. The second-order valence-electron chi connectivity index (χ2n) is 6.80. The molecule has 1 aliphatic carbocycles. The first-order chi connectivity index (χ1) is 11.6. The minimum atomic E-state index is -0.358. The summed E-state index contributed by atoms with van der Waals surface area (Å²) >= 11 is 1.75. The van der Waals surface area contributed by atoms with Crippen molar-refractivity contribution >= 4 is 17.7 Å². The van der Waals surface area contributed by atoms with Crippen LogP contribution in [0.4, 0.5) is 0 Å². The average molecular weight is 348 g/mol. The highest BCUT2D eigenvalue weighted by atomic mass is 32.2. The van der Waals surface area contributed by atoms with E-state index in [1.165, 1.54) is 0 Å². The van der Waals surface area contributed by atoms with Crippen molar-refractivity contribution in [1.82, 2.24) is 4.90 Å². The molecule has 1 saturated heterocycles. The molecule has 1 saturated carbocycles. The Labute approximate surface area is 144 Å². The van der Waals surface area contributed by atoms with Gasteiger partial charge in [-0.1, -0.05) is 6.07 Å². The SMILES string of the molecule is COc1ccc2c(c1)SCCN1C(=O)C[C@H]3[C@H](C[N+](=O)[O-])CC[C@]231. The van der Waals surface area contributed by atoms with E-state index in [0.717, 1.165) is 34.8 Å². The van der Waals surface area contributed by atoms with Gasteiger partial charge < -0.3 is 9.64 Å². The normalized spacial score (nSPS) is 31.2. The third-order valence-corrected chi connectivity index (χ3v) is 6.90. The number of carbonyl (C=O) groups is 1. The van der Waals surface area contributed by atoms with E-state index in [-0.39, 0.29) is 34.7 Å². The second kappa shape index (κ2) is 5.65. The third kappa shape index (κ3) is 2.13. The fraction of sp³-hybridized carbons (Fsp3) is 0.588. The van der Waals surface area contributed by atoms with Gasteiger partial charge in [0, 0.05) is 40.4 Å². The fourth-order valence-corrected chi connectivity index (χ4v) is 6.03. The average Bonchev–Trinajstić information content (AvgIpc) is 2.96. The molecule has 0 bridgehead atoms. The molecule has 1 aromatic rings. The molecule has 0 radical (unpaired) electrons. The van der Waals surface area contributed by atoms with Gasteiger partial charge in [0.2, 0.25) is 12.5 Å². The Bertz CT molecular complexity index is 710. The highest BCUT2D eigenvalue weighted by molar-refractivity contribution is 7.99. The minimum absolute atomic E-state index is 0.0213. The zero-order valence-corrected chi connectivity index (χ0v) is 14.4. The molecule has 1 aromatic carbocycles. The molecule has 3 atom stereocenters. The van der Waals surface area contributed by atoms with Crippen molar-refractivity contribution in [3.63, 3.8) is 0 Å². The molecule has 7 heteroatoms. The van der Waals surface area contributed by atoms with Crippen LogP contribution in [-0.4, -0.2) is 41.7 Å². The van der Waals surface area contributed by atoms with Crippen molar-refractivity contribution in [2.75, 3.05) is 26.0 Å². The number of benzene rings is 1. The molecular weight excluding hydrogens is 328 g/mol. The quantitative estimate of drug-likeness (QED) is 0.620. The Hall–Kier alpha value is -1.76. The minimum Gasteiger partial charge on any atom is -0.497 e. The summed E-state index contributed by atoms with van der Waals surface area (Å²) in [6.07, 6.45) is 2.07. The summed E-state index contributed by atoms with van der Waals surface area (Å²) in [6.45, 7) is 0.675. The van der Waals surface area contributed by atoms with Crippen LogP contribution in [0.1, 0.15) is 24.8 Å². The van der Waals surface area contributed by atoms with Crippen LogP contribution in [0.25, 0.3) is 0 Å². The van der Waals surface area contributed by atoms with Gasteiger partial charge in [-0.05, 0) is 30.5 Å². The molecule has 128 valence electrons. The van der Waals surface area contributed by atoms with Crippen LogP contribution in [0.2, 0.25) is 0 Å². The van der Waals surface area contributed by atoms with Gasteiger partial charge >= 0.3 is 0 Å². The Morgan fingerprint density at radius 1 is 1.50 bits per heavy atom. The summed E-state index contributed by atoms with van der Waals surface area (Å²) < 4.78 is 5.35. The fourth-order valence-electron chi connectivity index (χ4n) is 4.94. The van der Waals surface area contributed by atoms with Crippen LogP contribution in [0.5, 0.6) is 5.75 Å². The predicted molar refractivity (Wildman–Crippen MR) is 89.8 cm³/mol. The molecule has 0 aromatic heterocycles. The number of hydrogen-bond acceptors (Lipinski definition) is 5. The summed E-state index contributed by atoms with van der Waals surface area (Å²) in [6, 6.07) is 6.05. The largest absolute Gasteiger partial charge is 0.497 e. The lowest BCUT2D eigenvalue weighted by Crippen LogP contribution is -2.45. The molecule has 2 heterocycles. The summed E-state index contributed by atoms with van der Waals surface area (Å²) in [5.74, 6) is 1.83. The molecule has 4 rings (SSSR count). The van der Waals surface area contributed by atoms with E-state index in [2.05, 4.69) is 6.07 Å². The van der Waals surface area contributed by atoms with Gasteiger partial charge in [0.25, 0.3) is 0 Å². The van der Waals surface area contributed by atoms with Crippen LogP contribution >= 0.6 is 11.8 Å². The van der Waals surface area contributed by atoms with Gasteiger partial charge in [-0.15, -0.1) is 11.8 Å². The van der Waals surface area contributed by atoms with Gasteiger partial charge in [0.1, 0.15) is 5.75 Å². The van der Waals surface area contributed by atoms with Gasteiger partial charge in [-0.2, -0.15) is 0 Å². The third-order valence-electron chi connectivity index (χ3n) is 5.87. The van der Waals surface area contributed by atoms with Crippen LogP contribution in [0, 0.1) is 22.0 Å². The Morgan fingerprint density at radius 2 is 2.33 bits per heavy atom. The monoisotopic (exact) mass is 348 g/mol. The lowest BCUT2D eigenvalue weighted by molar-refractivity contribution is -0.489. The zero-order valence-electron chi connectivity index (χ0n) is 13.6. The van der Waals surface area contributed by atoms with E-state index < -0.39 is 0 Å². The topological polar surface area (TPSA) is 72.7 Å². The van der Waals surface area contributed by atoms with Crippen LogP contribution in [0.3, 0.4) is 0 Å². The number of methoxy groups -OCH3 is 1. The van der Waals surface area contributed by atoms with E-state index in [9.17, 15) is 14.9 Å². The van der Waals surface area contributed by atoms with Gasteiger partial charge in [-0.3, -0.25) is 14.9 Å². The standard InChI is InChI=1S/C17H20N2O4S/c1-23-12-2-3-13-15(8-12)24-7-6-18-16(20)9-14-11(10-19(21)22)4-5-17(13,14)18/h2-3,8,11,14H,4-7,9-10H2,1H3/t11-,14-,17-/m0/s1. The Balaban J connectivity index is 1.83. The molecule has 2 aliphatic heterocycles. The maximum Gasteiger partial charge on any atom is 0.223 e. The summed E-state index contributed by atoms with van der Waals surface area (Å²) in [5.41, 5.74) is 0.801. The van der Waals surface area contributed by atoms with Crippen molar-refractivity contribution in [1.29, 1.82) is 0 Å². The number of thioether (sulfide) groups is 1. The molecule has 0 unspecified atom stereocenters. The van der Waals surface area contributed by atoms with E-state index in [0.29, 0.717) is 13.0 Å². The number of nitro groups is 1. The molecular formula is C17H20N2O4S. The van der Waals surface area contributed by atoms with E-state index in [4.69, 9.17) is 4.74 Å². The predicted octanol–water partition coefficient (Wildman–Crippen LogP) is 2.53. The number of nitrogens with zero attached hydrogens (tertiary/aromatic N) is 2. The molecule has 0 N–H and O–H groups in total. The first-order valence-electron chi connectivity index (χ1n) is 8.30. The lowest BCUT2D eigenvalue weighted by atomic mass is 9.78. The highest BCUT2D eigenvalue weighted by Gasteiger charge is 2.61. The van der Waals surface area contributed by atoms with Crippen molar-refractivity contribution in [2.24, 2.45) is 11.8 Å². The van der Waals surface area contributed by atoms with Crippen LogP contribution < -0.4 is 4.74 Å². The molecule has 3 aliphatic rings. The second-order valence-corrected chi connectivity index (χ2v) is 7.94. The zero-order chi connectivity index (χ0) is 16.9. The van der Waals surface area contributed by atoms with E-state index >= 15 is 0 Å². The first kappa shape index (κ1) is 15.7. The molecule has 24 heavy (non-hydrogen) atoms. The summed E-state index contributed by atoms with van der Waals surface area (Å²) in [7, 11) is 1.65. The highest BCUT2D eigenvalue weighted by Crippen LogP contribution is 2.59. The van der Waals surface area contributed by atoms with Gasteiger partial charge in [0.05, 0.1) is 12.6 Å². The summed E-state index contributed by atoms with van der Waals surface area (Å²) in [5, 5.41) is 11.1. The number of hydrogen-bond donors (Lipinski definition) is 0. The van der Waals surface area contributed by atoms with Crippen molar-refractivity contribution in [2.45, 2.75) is 29.7 Å². The Morgan fingerprint density at radius 3 is 3.08 bits per heavy atom. The molecule has 1 amide bonds. The van der Waals surface area contributed by atoms with Gasteiger partial charge in [0.15, 0.2) is 0 Å². The maximum absolute atomic E-state index is 12.7. The number of fused-ring (bicyclic) bond motifs is 1. The maximum atomic E-state index is 12.7. The van der Waals surface area contributed by atoms with Crippen molar-refractivity contribution in [3.05, 3.63) is 33.9 Å². The lowest BCUT2D eigenvalue weighted by Gasteiger charge is -2.39. The van der Waals surface area contributed by atoms with Crippen molar-refractivity contribution < 1.29 is 14.5 Å². The smallest absolute Gasteiger partial charge is 0.223 e. The van der Waals surface area contributed by atoms with E-state index in [1.54, 1.807) is 18.9 Å². The Kier molecular flexibility index (Phi) is 3.71. The molecule has 6 nitrogen and oxygen atoms in total. The number of carbonyl (C=O) groups excluding carboxylic acids is 1.